The standard InChI is InChI=1S/C22H37N/c1-13(2)18-17(12-14(3)21(6,7)8)15(4)16(5)20(23)19(18)22(9,10)11/h12,16,20H,1,23H2,2-11H3/b14-12+. The third kappa shape index (κ3) is 4.07. The molecule has 0 fully saturated rings. The highest BCUT2D eigenvalue weighted by Gasteiger charge is 2.36. The summed E-state index contributed by atoms with van der Waals surface area (Å²) in [5.41, 5.74) is 14.7. The van der Waals surface area contributed by atoms with E-state index in [1.165, 1.54) is 27.9 Å². The van der Waals surface area contributed by atoms with E-state index in [1.54, 1.807) is 0 Å². The van der Waals surface area contributed by atoms with Crippen molar-refractivity contribution in [2.24, 2.45) is 22.5 Å². The number of rotatable bonds is 2. The van der Waals surface area contributed by atoms with Crippen LogP contribution in [0.25, 0.3) is 0 Å². The molecule has 0 aromatic rings. The predicted octanol–water partition coefficient (Wildman–Crippen LogP) is 6.19. The lowest BCUT2D eigenvalue weighted by Crippen LogP contribution is -2.40. The summed E-state index contributed by atoms with van der Waals surface area (Å²) in [4.78, 5) is 0. The average Bonchev–Trinajstić information content (AvgIpc) is 2.35. The maximum absolute atomic E-state index is 6.65. The lowest BCUT2D eigenvalue weighted by molar-refractivity contribution is 0.412. The van der Waals surface area contributed by atoms with Crippen LogP contribution in [0.2, 0.25) is 0 Å². The van der Waals surface area contributed by atoms with E-state index in [4.69, 9.17) is 5.73 Å². The molecule has 1 aliphatic carbocycles. The normalized spacial score (nSPS) is 24.4. The highest BCUT2D eigenvalue weighted by atomic mass is 14.7. The summed E-state index contributed by atoms with van der Waals surface area (Å²) in [7, 11) is 0. The van der Waals surface area contributed by atoms with Crippen LogP contribution in [0.1, 0.15) is 69.2 Å². The van der Waals surface area contributed by atoms with E-state index in [1.807, 2.05) is 0 Å². The molecule has 0 heterocycles. The molecule has 1 rings (SSSR count). The summed E-state index contributed by atoms with van der Waals surface area (Å²) in [6.45, 7) is 26.7. The van der Waals surface area contributed by atoms with E-state index < -0.39 is 0 Å². The van der Waals surface area contributed by atoms with Gasteiger partial charge in [-0.3, -0.25) is 0 Å². The fourth-order valence-corrected chi connectivity index (χ4v) is 3.23. The lowest BCUT2D eigenvalue weighted by Gasteiger charge is -2.40. The third-order valence-corrected chi connectivity index (χ3v) is 5.30. The van der Waals surface area contributed by atoms with Crippen molar-refractivity contribution < 1.29 is 0 Å². The molecule has 0 radical (unpaired) electrons. The third-order valence-electron chi connectivity index (χ3n) is 5.30. The van der Waals surface area contributed by atoms with Crippen LogP contribution in [-0.4, -0.2) is 6.04 Å². The van der Waals surface area contributed by atoms with Crippen LogP contribution in [0, 0.1) is 16.7 Å². The van der Waals surface area contributed by atoms with E-state index in [0.29, 0.717) is 5.92 Å². The van der Waals surface area contributed by atoms with Crippen LogP contribution in [-0.2, 0) is 0 Å². The molecule has 1 heteroatoms. The summed E-state index contributed by atoms with van der Waals surface area (Å²) in [6.07, 6.45) is 2.37. The van der Waals surface area contributed by atoms with Crippen molar-refractivity contribution in [1.29, 1.82) is 0 Å². The quantitative estimate of drug-likeness (QED) is 0.646. The van der Waals surface area contributed by atoms with Crippen molar-refractivity contribution in [3.63, 3.8) is 0 Å². The zero-order valence-corrected chi connectivity index (χ0v) is 17.0. The maximum atomic E-state index is 6.65. The monoisotopic (exact) mass is 315 g/mol. The SMILES string of the molecule is C=C(C)C1=C(C(C)(C)C)C(N)C(C)C(C)=C1/C=C(\C)C(C)(C)C. The fraction of sp³-hybridized carbons (Fsp3) is 0.636. The molecule has 0 saturated heterocycles. The van der Waals surface area contributed by atoms with Crippen molar-refractivity contribution in [2.75, 3.05) is 0 Å². The first-order valence-electron chi connectivity index (χ1n) is 8.75. The van der Waals surface area contributed by atoms with Crippen molar-refractivity contribution in [2.45, 2.75) is 75.3 Å². The van der Waals surface area contributed by atoms with Gasteiger partial charge in [-0.05, 0) is 54.2 Å². The Balaban J connectivity index is 3.76. The Kier molecular flexibility index (Phi) is 5.58. The van der Waals surface area contributed by atoms with E-state index in [0.717, 1.165) is 5.57 Å². The topological polar surface area (TPSA) is 26.0 Å². The first-order chi connectivity index (χ1) is 10.2. The van der Waals surface area contributed by atoms with Gasteiger partial charge in [0.1, 0.15) is 0 Å². The Bertz CT molecular complexity index is 582. The molecular formula is C22H37N. The molecule has 0 amide bonds. The van der Waals surface area contributed by atoms with Gasteiger partial charge in [0.05, 0.1) is 0 Å². The molecule has 23 heavy (non-hydrogen) atoms. The second-order valence-electron chi connectivity index (χ2n) is 9.31. The van der Waals surface area contributed by atoms with Gasteiger partial charge in [-0.25, -0.2) is 0 Å². The van der Waals surface area contributed by atoms with Gasteiger partial charge in [-0.15, -0.1) is 0 Å². The number of hydrogen-bond acceptors (Lipinski definition) is 1. The van der Waals surface area contributed by atoms with Crippen molar-refractivity contribution in [3.05, 3.63) is 46.1 Å². The van der Waals surface area contributed by atoms with Crippen LogP contribution < -0.4 is 5.73 Å². The van der Waals surface area contributed by atoms with Crippen LogP contribution in [0.3, 0.4) is 0 Å². The molecule has 2 atom stereocenters. The van der Waals surface area contributed by atoms with Gasteiger partial charge in [0.2, 0.25) is 0 Å². The molecule has 130 valence electrons. The van der Waals surface area contributed by atoms with Crippen molar-refractivity contribution in [3.8, 4) is 0 Å². The molecular weight excluding hydrogens is 278 g/mol. The molecule has 0 spiro atoms. The van der Waals surface area contributed by atoms with Crippen LogP contribution in [0.15, 0.2) is 46.1 Å². The summed E-state index contributed by atoms with van der Waals surface area (Å²) >= 11 is 0. The molecule has 0 aromatic heterocycles. The molecule has 2 N–H and O–H groups in total. The molecule has 2 unspecified atom stereocenters. The van der Waals surface area contributed by atoms with Gasteiger partial charge in [0.25, 0.3) is 0 Å². The Labute approximate surface area is 144 Å². The Hall–Kier alpha value is -1.08. The molecule has 0 aromatic carbocycles. The largest absolute Gasteiger partial charge is 0.324 e. The smallest absolute Gasteiger partial charge is 0.0332 e. The molecule has 0 aliphatic heterocycles. The summed E-state index contributed by atoms with van der Waals surface area (Å²) in [6, 6.07) is 0.0637. The highest BCUT2D eigenvalue weighted by molar-refractivity contribution is 5.60. The molecule has 1 nitrogen and oxygen atoms in total. The number of allylic oxidation sites excluding steroid dienone is 5. The van der Waals surface area contributed by atoms with E-state index in [2.05, 4.69) is 81.9 Å². The summed E-state index contributed by atoms with van der Waals surface area (Å²) in [5.74, 6) is 0.353. The van der Waals surface area contributed by atoms with Gasteiger partial charge in [0.15, 0.2) is 0 Å². The lowest BCUT2D eigenvalue weighted by atomic mass is 9.66. The van der Waals surface area contributed by atoms with Crippen LogP contribution in [0.4, 0.5) is 0 Å². The van der Waals surface area contributed by atoms with Gasteiger partial charge in [-0.1, -0.05) is 77.8 Å². The maximum Gasteiger partial charge on any atom is 0.0332 e. The second-order valence-corrected chi connectivity index (χ2v) is 9.31. The number of hydrogen-bond donors (Lipinski definition) is 1. The summed E-state index contributed by atoms with van der Waals surface area (Å²) in [5, 5.41) is 0. The van der Waals surface area contributed by atoms with E-state index in [9.17, 15) is 0 Å². The molecule has 0 saturated carbocycles. The van der Waals surface area contributed by atoms with E-state index >= 15 is 0 Å². The predicted molar refractivity (Wildman–Crippen MR) is 104 cm³/mol. The first kappa shape index (κ1) is 20.0. The molecule has 0 bridgehead atoms. The average molecular weight is 316 g/mol. The van der Waals surface area contributed by atoms with Gasteiger partial charge in [0, 0.05) is 6.04 Å². The highest BCUT2D eigenvalue weighted by Crippen LogP contribution is 2.45. The minimum absolute atomic E-state index is 0.0391. The van der Waals surface area contributed by atoms with E-state index in [-0.39, 0.29) is 16.9 Å². The Morgan fingerprint density at radius 3 is 1.91 bits per heavy atom. The second kappa shape index (κ2) is 6.43. The Morgan fingerprint density at radius 1 is 1.09 bits per heavy atom. The van der Waals surface area contributed by atoms with Gasteiger partial charge < -0.3 is 5.73 Å². The Morgan fingerprint density at radius 2 is 1.57 bits per heavy atom. The minimum atomic E-state index is 0.0391. The zero-order chi connectivity index (χ0) is 18.3. The minimum Gasteiger partial charge on any atom is -0.324 e. The van der Waals surface area contributed by atoms with Crippen LogP contribution in [0.5, 0.6) is 0 Å². The molecule has 1 aliphatic rings. The van der Waals surface area contributed by atoms with Crippen molar-refractivity contribution >= 4 is 0 Å². The van der Waals surface area contributed by atoms with Gasteiger partial charge in [-0.2, -0.15) is 0 Å². The zero-order valence-electron chi connectivity index (χ0n) is 17.0. The first-order valence-corrected chi connectivity index (χ1v) is 8.75. The fourth-order valence-electron chi connectivity index (χ4n) is 3.23. The van der Waals surface area contributed by atoms with Gasteiger partial charge >= 0.3 is 0 Å². The number of nitrogens with two attached hydrogens (primary N) is 1. The van der Waals surface area contributed by atoms with Crippen LogP contribution >= 0.6 is 0 Å². The summed E-state index contributed by atoms with van der Waals surface area (Å²) < 4.78 is 0. The van der Waals surface area contributed by atoms with Crippen molar-refractivity contribution in [1.82, 2.24) is 0 Å².